The molecule has 3 heterocycles. The molecule has 6 aromatic carbocycles. The van der Waals surface area contributed by atoms with Crippen molar-refractivity contribution >= 4 is 57.8 Å². The van der Waals surface area contributed by atoms with Crippen LogP contribution in [-0.2, 0) is 15.7 Å². The highest BCUT2D eigenvalue weighted by molar-refractivity contribution is 7.75. The van der Waals surface area contributed by atoms with Gasteiger partial charge in [0.15, 0.2) is 0 Å². The van der Waals surface area contributed by atoms with Crippen molar-refractivity contribution in [1.29, 1.82) is 0 Å². The third-order valence-corrected chi connectivity index (χ3v) is 14.0. The topological polar surface area (TPSA) is 57.5 Å². The Bertz CT molecular complexity index is 2290. The van der Waals surface area contributed by atoms with E-state index in [4.69, 9.17) is 9.05 Å². The summed E-state index contributed by atoms with van der Waals surface area (Å²) in [6.07, 6.45) is 0. The van der Waals surface area contributed by atoms with Crippen LogP contribution in [0.1, 0.15) is 6.92 Å². The largest absolute Gasteiger partial charge is 0.436 e. The Morgan fingerprint density at radius 2 is 0.911 bits per heavy atom. The quantitative estimate of drug-likeness (QED) is 0.186. The second-order valence-corrected chi connectivity index (χ2v) is 16.0. The van der Waals surface area contributed by atoms with Crippen LogP contribution in [0.5, 0.6) is 11.5 Å². The summed E-state index contributed by atoms with van der Waals surface area (Å²) >= 11 is 0. The molecule has 0 fully saturated rings. The number of aromatic nitrogens is 1. The summed E-state index contributed by atoms with van der Waals surface area (Å²) in [4.78, 5) is 0. The molecule has 45 heavy (non-hydrogen) atoms. The van der Waals surface area contributed by atoms with Crippen LogP contribution < -0.4 is 30.3 Å². The molecule has 1 aromatic heterocycles. The highest BCUT2D eigenvalue weighted by atomic mass is 31.2. The van der Waals surface area contributed by atoms with Gasteiger partial charge in [0.25, 0.3) is 0 Å². The fourth-order valence-corrected chi connectivity index (χ4v) is 11.6. The lowest BCUT2D eigenvalue weighted by atomic mass is 10.0. The molecule has 0 spiro atoms. The van der Waals surface area contributed by atoms with Crippen LogP contribution in [0, 0.1) is 0 Å². The Hall–Kier alpha value is -4.82. The van der Waals surface area contributed by atoms with E-state index in [0.717, 1.165) is 50.6 Å². The van der Waals surface area contributed by atoms with Crippen LogP contribution in [0.4, 0.5) is 0 Å². The molecule has 0 bridgehead atoms. The number of rotatable bonds is 3. The lowest BCUT2D eigenvalue weighted by Gasteiger charge is -2.29. The van der Waals surface area contributed by atoms with Crippen LogP contribution >= 0.6 is 14.7 Å². The van der Waals surface area contributed by atoms with Gasteiger partial charge in [-0.05, 0) is 78.7 Å². The van der Waals surface area contributed by atoms with Gasteiger partial charge in [-0.15, -0.1) is 0 Å². The minimum atomic E-state index is -3.49. The molecular formula is C38H27NO4P2. The van der Waals surface area contributed by atoms with Crippen molar-refractivity contribution in [3.63, 3.8) is 0 Å². The zero-order chi connectivity index (χ0) is 30.3. The number of nitrogens with zero attached hydrogens (tertiary/aromatic N) is 1. The summed E-state index contributed by atoms with van der Waals surface area (Å²) < 4.78 is 45.1. The van der Waals surface area contributed by atoms with Gasteiger partial charge in [-0.2, -0.15) is 0 Å². The van der Waals surface area contributed by atoms with Gasteiger partial charge in [-0.1, -0.05) is 72.8 Å². The molecular weight excluding hydrogens is 596 g/mol. The van der Waals surface area contributed by atoms with E-state index in [1.807, 2.05) is 133 Å². The molecule has 0 N–H and O–H groups in total. The zero-order valence-corrected chi connectivity index (χ0v) is 26.2. The molecule has 5 nitrogen and oxygen atoms in total. The van der Waals surface area contributed by atoms with Gasteiger partial charge in [0.05, 0.1) is 21.2 Å². The minimum absolute atomic E-state index is 0.615. The Morgan fingerprint density at radius 1 is 0.511 bits per heavy atom. The second kappa shape index (κ2) is 9.59. The maximum atomic E-state index is 15.0. The van der Waals surface area contributed by atoms with E-state index in [0.29, 0.717) is 32.7 Å². The van der Waals surface area contributed by atoms with Crippen molar-refractivity contribution in [3.8, 4) is 33.8 Å². The van der Waals surface area contributed by atoms with Crippen LogP contribution in [0.3, 0.4) is 0 Å². The van der Waals surface area contributed by atoms with E-state index in [1.165, 1.54) is 0 Å². The molecule has 218 valence electrons. The summed E-state index contributed by atoms with van der Waals surface area (Å²) in [5.41, 5.74) is 5.75. The van der Waals surface area contributed by atoms with Gasteiger partial charge in [0, 0.05) is 39.5 Å². The first kappa shape index (κ1) is 26.6. The standard InChI is InChI=1S/C38H27NO4P2/c1-2-39-33-21-19-25(44(40)37-17-9-5-13-29(37)27-11-3-7-15-35(27)42-44)23-31(33)32-24-26(20-22-34(32)39)45(41)38-18-10-6-14-30(38)28-12-4-8-16-36(28)43-45/h3-24H,2H2,1H3. The normalized spacial score (nSPS) is 19.6. The molecule has 0 amide bonds. The Balaban J connectivity index is 1.26. The molecule has 2 aliphatic rings. The average molecular weight is 624 g/mol. The van der Waals surface area contributed by atoms with Crippen LogP contribution in [-0.4, -0.2) is 4.57 Å². The van der Waals surface area contributed by atoms with E-state index in [2.05, 4.69) is 11.5 Å². The summed E-state index contributed by atoms with van der Waals surface area (Å²) in [7, 11) is -6.98. The zero-order valence-electron chi connectivity index (χ0n) is 24.4. The average Bonchev–Trinajstić information content (AvgIpc) is 3.41. The summed E-state index contributed by atoms with van der Waals surface area (Å²) in [5.74, 6) is 1.23. The molecule has 9 rings (SSSR count). The molecule has 0 aliphatic carbocycles. The fraction of sp³-hybridized carbons (Fsp3) is 0.0526. The third kappa shape index (κ3) is 3.69. The molecule has 0 radical (unpaired) electrons. The summed E-state index contributed by atoms with van der Waals surface area (Å²) in [6.45, 7) is 2.85. The van der Waals surface area contributed by atoms with E-state index in [1.54, 1.807) is 0 Å². The van der Waals surface area contributed by atoms with Gasteiger partial charge < -0.3 is 13.6 Å². The van der Waals surface area contributed by atoms with Crippen molar-refractivity contribution in [2.75, 3.05) is 0 Å². The number of hydrogen-bond acceptors (Lipinski definition) is 4. The highest BCUT2D eigenvalue weighted by Crippen LogP contribution is 2.55. The van der Waals surface area contributed by atoms with Gasteiger partial charge in [0.2, 0.25) is 0 Å². The SMILES string of the molecule is CCn1c2ccc(P3(=O)Oc4ccccc4-c4ccccc43)cc2c2cc(P3(=O)Oc4ccccc4-c4ccccc43)ccc21. The smallest absolute Gasteiger partial charge is 0.307 e. The maximum absolute atomic E-state index is 15.0. The van der Waals surface area contributed by atoms with Crippen LogP contribution in [0.15, 0.2) is 133 Å². The van der Waals surface area contributed by atoms with Crippen molar-refractivity contribution in [3.05, 3.63) is 133 Å². The Labute approximate surface area is 260 Å². The van der Waals surface area contributed by atoms with Gasteiger partial charge in [-0.3, -0.25) is 9.13 Å². The first-order valence-corrected chi connectivity index (χ1v) is 18.3. The van der Waals surface area contributed by atoms with Crippen LogP contribution in [0.25, 0.3) is 44.1 Å². The molecule has 2 unspecified atom stereocenters. The number of aryl methyl sites for hydroxylation is 1. The number of fused-ring (bicyclic) bond motifs is 9. The van der Waals surface area contributed by atoms with E-state index in [9.17, 15) is 0 Å². The predicted molar refractivity (Wildman–Crippen MR) is 184 cm³/mol. The molecule has 0 saturated heterocycles. The maximum Gasteiger partial charge on any atom is 0.307 e. The number of benzene rings is 6. The van der Waals surface area contributed by atoms with E-state index < -0.39 is 14.7 Å². The van der Waals surface area contributed by atoms with E-state index >= 15 is 9.13 Å². The minimum Gasteiger partial charge on any atom is -0.436 e. The molecule has 2 aliphatic heterocycles. The highest BCUT2D eigenvalue weighted by Gasteiger charge is 2.39. The third-order valence-electron chi connectivity index (χ3n) is 9.08. The van der Waals surface area contributed by atoms with Crippen molar-refractivity contribution in [2.24, 2.45) is 0 Å². The van der Waals surface area contributed by atoms with E-state index in [-0.39, 0.29) is 0 Å². The number of hydrogen-bond donors (Lipinski definition) is 0. The van der Waals surface area contributed by atoms with Gasteiger partial charge in [-0.25, -0.2) is 0 Å². The molecule has 2 atom stereocenters. The fourth-order valence-electron chi connectivity index (χ4n) is 7.00. The Kier molecular flexibility index (Phi) is 5.66. The van der Waals surface area contributed by atoms with Crippen molar-refractivity contribution in [2.45, 2.75) is 13.5 Å². The van der Waals surface area contributed by atoms with Crippen molar-refractivity contribution in [1.82, 2.24) is 4.57 Å². The van der Waals surface area contributed by atoms with Gasteiger partial charge in [0.1, 0.15) is 11.5 Å². The predicted octanol–water partition coefficient (Wildman–Crippen LogP) is 8.39. The first-order valence-electron chi connectivity index (χ1n) is 15.0. The monoisotopic (exact) mass is 623 g/mol. The molecule has 7 aromatic rings. The number of para-hydroxylation sites is 2. The lowest BCUT2D eigenvalue weighted by molar-refractivity contribution is 0.500. The summed E-state index contributed by atoms with van der Waals surface area (Å²) in [6, 6.07) is 43.0. The second-order valence-electron chi connectivity index (χ2n) is 11.5. The van der Waals surface area contributed by atoms with Crippen molar-refractivity contribution < 1.29 is 18.2 Å². The first-order chi connectivity index (χ1) is 22.0. The molecule has 0 saturated carbocycles. The lowest BCUT2D eigenvalue weighted by Crippen LogP contribution is -2.25. The Morgan fingerprint density at radius 3 is 1.36 bits per heavy atom. The van der Waals surface area contributed by atoms with Gasteiger partial charge >= 0.3 is 14.7 Å². The van der Waals surface area contributed by atoms with Crippen LogP contribution in [0.2, 0.25) is 0 Å². The molecule has 7 heteroatoms. The summed E-state index contributed by atoms with van der Waals surface area (Å²) in [5, 5.41) is 4.49.